The SMILES string of the molecule is Cc1cc(C)cc(C(N)C2CC3CCC(C2)N3C)c1. The van der Waals surface area contributed by atoms with Gasteiger partial charge in [0.15, 0.2) is 0 Å². The summed E-state index contributed by atoms with van der Waals surface area (Å²) in [6.07, 6.45) is 5.30. The van der Waals surface area contributed by atoms with Crippen molar-refractivity contribution in [3.8, 4) is 0 Å². The summed E-state index contributed by atoms with van der Waals surface area (Å²) in [5.74, 6) is 0.662. The molecule has 2 saturated heterocycles. The minimum atomic E-state index is 0.218. The van der Waals surface area contributed by atoms with Gasteiger partial charge < -0.3 is 10.6 Å². The van der Waals surface area contributed by atoms with E-state index in [1.807, 2.05) is 0 Å². The molecule has 104 valence electrons. The Morgan fingerprint density at radius 1 is 1.05 bits per heavy atom. The summed E-state index contributed by atoms with van der Waals surface area (Å²) in [5, 5.41) is 0. The van der Waals surface area contributed by atoms with Gasteiger partial charge in [-0.3, -0.25) is 0 Å². The fourth-order valence-electron chi connectivity index (χ4n) is 4.22. The summed E-state index contributed by atoms with van der Waals surface area (Å²) < 4.78 is 0. The van der Waals surface area contributed by atoms with E-state index in [1.165, 1.54) is 42.4 Å². The number of nitrogens with two attached hydrogens (primary N) is 1. The molecule has 3 unspecified atom stereocenters. The van der Waals surface area contributed by atoms with Crippen molar-refractivity contribution in [2.75, 3.05) is 7.05 Å². The van der Waals surface area contributed by atoms with Gasteiger partial charge in [-0.1, -0.05) is 29.3 Å². The van der Waals surface area contributed by atoms with E-state index in [9.17, 15) is 0 Å². The van der Waals surface area contributed by atoms with Crippen LogP contribution in [0.2, 0.25) is 0 Å². The molecule has 0 amide bonds. The van der Waals surface area contributed by atoms with Crippen LogP contribution >= 0.6 is 0 Å². The minimum absolute atomic E-state index is 0.218. The van der Waals surface area contributed by atoms with Gasteiger partial charge in [-0.2, -0.15) is 0 Å². The van der Waals surface area contributed by atoms with Crippen molar-refractivity contribution in [2.45, 2.75) is 57.7 Å². The Morgan fingerprint density at radius 2 is 1.58 bits per heavy atom. The first-order valence-electron chi connectivity index (χ1n) is 7.60. The lowest BCUT2D eigenvalue weighted by molar-refractivity contribution is 0.121. The Morgan fingerprint density at radius 3 is 2.11 bits per heavy atom. The van der Waals surface area contributed by atoms with Crippen LogP contribution in [0, 0.1) is 19.8 Å². The second-order valence-corrected chi connectivity index (χ2v) is 6.73. The Balaban J connectivity index is 1.79. The van der Waals surface area contributed by atoms with Crippen molar-refractivity contribution in [1.29, 1.82) is 0 Å². The number of hydrogen-bond donors (Lipinski definition) is 1. The Bertz CT molecular complexity index is 434. The molecule has 19 heavy (non-hydrogen) atoms. The van der Waals surface area contributed by atoms with Crippen LogP contribution in [-0.4, -0.2) is 24.0 Å². The van der Waals surface area contributed by atoms with E-state index in [4.69, 9.17) is 5.73 Å². The molecule has 2 heterocycles. The third kappa shape index (κ3) is 2.44. The maximum absolute atomic E-state index is 6.59. The molecule has 3 rings (SSSR count). The number of aryl methyl sites for hydroxylation is 2. The molecule has 2 heteroatoms. The van der Waals surface area contributed by atoms with Gasteiger partial charge in [0.25, 0.3) is 0 Å². The normalized spacial score (nSPS) is 32.5. The zero-order chi connectivity index (χ0) is 13.6. The summed E-state index contributed by atoms with van der Waals surface area (Å²) in [6, 6.07) is 8.56. The average Bonchev–Trinajstić information content (AvgIpc) is 2.60. The van der Waals surface area contributed by atoms with Crippen LogP contribution in [0.15, 0.2) is 18.2 Å². The second-order valence-electron chi connectivity index (χ2n) is 6.73. The highest BCUT2D eigenvalue weighted by Crippen LogP contribution is 2.41. The molecule has 1 aromatic carbocycles. The first-order chi connectivity index (χ1) is 9.04. The van der Waals surface area contributed by atoms with Gasteiger partial charge in [0.2, 0.25) is 0 Å². The lowest BCUT2D eigenvalue weighted by Crippen LogP contribution is -2.42. The number of hydrogen-bond acceptors (Lipinski definition) is 2. The van der Waals surface area contributed by atoms with Crippen LogP contribution in [0.5, 0.6) is 0 Å². The Kier molecular flexibility index (Phi) is 3.40. The van der Waals surface area contributed by atoms with Crippen LogP contribution in [0.1, 0.15) is 48.4 Å². The van der Waals surface area contributed by atoms with E-state index < -0.39 is 0 Å². The van der Waals surface area contributed by atoms with Gasteiger partial charge in [0, 0.05) is 18.1 Å². The van der Waals surface area contributed by atoms with E-state index in [0.29, 0.717) is 5.92 Å². The predicted molar refractivity (Wildman–Crippen MR) is 80.1 cm³/mol. The molecule has 0 radical (unpaired) electrons. The summed E-state index contributed by atoms with van der Waals surface area (Å²) >= 11 is 0. The molecule has 2 nitrogen and oxygen atoms in total. The topological polar surface area (TPSA) is 29.3 Å². The maximum atomic E-state index is 6.59. The number of nitrogens with zero attached hydrogens (tertiary/aromatic N) is 1. The van der Waals surface area contributed by atoms with Crippen LogP contribution in [0.3, 0.4) is 0 Å². The highest BCUT2D eigenvalue weighted by atomic mass is 15.2. The third-order valence-corrected chi connectivity index (χ3v) is 5.27. The van der Waals surface area contributed by atoms with Crippen LogP contribution in [-0.2, 0) is 0 Å². The van der Waals surface area contributed by atoms with Crippen LogP contribution < -0.4 is 5.73 Å². The van der Waals surface area contributed by atoms with Gasteiger partial charge >= 0.3 is 0 Å². The summed E-state index contributed by atoms with van der Waals surface area (Å²) in [4.78, 5) is 2.59. The van der Waals surface area contributed by atoms with Crippen LogP contribution in [0.25, 0.3) is 0 Å². The molecule has 2 bridgehead atoms. The smallest absolute Gasteiger partial charge is 0.0324 e. The highest BCUT2D eigenvalue weighted by molar-refractivity contribution is 5.31. The molecule has 0 spiro atoms. The zero-order valence-corrected chi connectivity index (χ0v) is 12.4. The first kappa shape index (κ1) is 13.1. The van der Waals surface area contributed by atoms with Gasteiger partial charge in [-0.05, 0) is 58.1 Å². The Labute approximate surface area is 117 Å². The first-order valence-corrected chi connectivity index (χ1v) is 7.60. The van der Waals surface area contributed by atoms with Crippen LogP contribution in [0.4, 0.5) is 0 Å². The van der Waals surface area contributed by atoms with E-state index in [-0.39, 0.29) is 6.04 Å². The molecule has 3 atom stereocenters. The lowest BCUT2D eigenvalue weighted by atomic mass is 9.82. The van der Waals surface area contributed by atoms with Crippen molar-refractivity contribution in [3.05, 3.63) is 34.9 Å². The number of benzene rings is 1. The van der Waals surface area contributed by atoms with E-state index in [1.54, 1.807) is 0 Å². The standard InChI is InChI=1S/C17H26N2/c1-11-6-12(2)8-13(7-11)17(18)14-9-15-4-5-16(10-14)19(15)3/h6-8,14-17H,4-5,9-10,18H2,1-3H3. The summed E-state index contributed by atoms with van der Waals surface area (Å²) in [5.41, 5.74) is 10.6. The molecular formula is C17H26N2. The fraction of sp³-hybridized carbons (Fsp3) is 0.647. The van der Waals surface area contributed by atoms with Gasteiger partial charge in [0.05, 0.1) is 0 Å². The summed E-state index contributed by atoms with van der Waals surface area (Å²) in [6.45, 7) is 4.34. The van der Waals surface area contributed by atoms with E-state index in [0.717, 1.165) is 12.1 Å². The number of rotatable bonds is 2. The number of piperidine rings is 1. The quantitative estimate of drug-likeness (QED) is 0.883. The maximum Gasteiger partial charge on any atom is 0.0324 e. The van der Waals surface area contributed by atoms with Gasteiger partial charge in [-0.15, -0.1) is 0 Å². The average molecular weight is 258 g/mol. The monoisotopic (exact) mass is 258 g/mol. The van der Waals surface area contributed by atoms with Crippen molar-refractivity contribution in [3.63, 3.8) is 0 Å². The largest absolute Gasteiger partial charge is 0.324 e. The van der Waals surface area contributed by atoms with Crippen molar-refractivity contribution in [2.24, 2.45) is 11.7 Å². The Hall–Kier alpha value is -0.860. The minimum Gasteiger partial charge on any atom is -0.324 e. The zero-order valence-electron chi connectivity index (χ0n) is 12.4. The van der Waals surface area contributed by atoms with Gasteiger partial charge in [-0.25, -0.2) is 0 Å². The summed E-state index contributed by atoms with van der Waals surface area (Å²) in [7, 11) is 2.29. The van der Waals surface area contributed by atoms with E-state index in [2.05, 4.69) is 44.0 Å². The molecule has 2 fully saturated rings. The van der Waals surface area contributed by atoms with E-state index >= 15 is 0 Å². The molecular weight excluding hydrogens is 232 g/mol. The molecule has 0 aromatic heterocycles. The molecule has 0 aliphatic carbocycles. The van der Waals surface area contributed by atoms with Crippen molar-refractivity contribution < 1.29 is 0 Å². The molecule has 2 aliphatic rings. The van der Waals surface area contributed by atoms with Crippen molar-refractivity contribution >= 4 is 0 Å². The third-order valence-electron chi connectivity index (χ3n) is 5.27. The molecule has 2 aliphatic heterocycles. The lowest BCUT2D eigenvalue weighted by Gasteiger charge is -2.39. The van der Waals surface area contributed by atoms with Crippen molar-refractivity contribution in [1.82, 2.24) is 4.90 Å². The fourth-order valence-corrected chi connectivity index (χ4v) is 4.22. The predicted octanol–water partition coefficient (Wildman–Crippen LogP) is 3.18. The molecule has 0 saturated carbocycles. The molecule has 2 N–H and O–H groups in total. The van der Waals surface area contributed by atoms with Gasteiger partial charge in [0.1, 0.15) is 0 Å². The molecule has 1 aromatic rings. The number of fused-ring (bicyclic) bond motifs is 2. The second kappa shape index (κ2) is 4.92. The highest BCUT2D eigenvalue weighted by Gasteiger charge is 2.40.